The van der Waals surface area contributed by atoms with Crippen molar-refractivity contribution in [3.05, 3.63) is 35.9 Å². The highest BCUT2D eigenvalue weighted by Crippen LogP contribution is 2.13. The van der Waals surface area contributed by atoms with E-state index in [4.69, 9.17) is 0 Å². The number of thioether (sulfide) groups is 1. The summed E-state index contributed by atoms with van der Waals surface area (Å²) in [6.45, 7) is 0. The lowest BCUT2D eigenvalue weighted by Gasteiger charge is -1.97. The molecule has 16 heavy (non-hydrogen) atoms. The van der Waals surface area contributed by atoms with E-state index in [1.54, 1.807) is 4.86 Å². The molecule has 0 amide bonds. The van der Waals surface area contributed by atoms with E-state index in [-0.39, 0.29) is 12.4 Å². The molecule has 0 nitrogen and oxygen atoms in total. The van der Waals surface area contributed by atoms with Crippen molar-refractivity contribution in [3.8, 4) is 0 Å². The average molecular weight is 273 g/mol. The van der Waals surface area contributed by atoms with Crippen LogP contribution in [0.2, 0.25) is 0 Å². The molecule has 1 heterocycles. The van der Waals surface area contributed by atoms with Crippen LogP contribution in [0.25, 0.3) is 0 Å². The van der Waals surface area contributed by atoms with Crippen LogP contribution in [-0.4, -0.2) is 22.1 Å². The molecule has 1 aromatic rings. The van der Waals surface area contributed by atoms with Gasteiger partial charge >= 0.3 is 0 Å². The highest BCUT2D eigenvalue weighted by atomic mass is 35.5. The molecule has 0 spiro atoms. The monoisotopic (exact) mass is 272 g/mol. The fourth-order valence-electron chi connectivity index (χ4n) is 1.72. The second kappa shape index (κ2) is 8.10. The van der Waals surface area contributed by atoms with Crippen molar-refractivity contribution in [3.63, 3.8) is 0 Å². The third kappa shape index (κ3) is 4.44. The van der Waals surface area contributed by atoms with Crippen LogP contribution in [0.4, 0.5) is 0 Å². The molecule has 0 radical (unpaired) electrons. The normalized spacial score (nSPS) is 17.4. The summed E-state index contributed by atoms with van der Waals surface area (Å²) in [6, 6.07) is 10.9. The Hall–Kier alpha value is -0.0500. The van der Waals surface area contributed by atoms with Gasteiger partial charge in [0.25, 0.3) is 0 Å². The molecular formula is C13H17ClS2. The van der Waals surface area contributed by atoms with Crippen molar-refractivity contribution in [2.45, 2.75) is 19.3 Å². The maximum Gasteiger partial charge on any atom is 0.208 e. The highest BCUT2D eigenvalue weighted by Gasteiger charge is 2.14. The zero-order valence-corrected chi connectivity index (χ0v) is 11.7. The lowest BCUT2D eigenvalue weighted by molar-refractivity contribution is -0.00000289. The minimum atomic E-state index is 0. The molecule has 0 aromatic heterocycles. The summed E-state index contributed by atoms with van der Waals surface area (Å²) < 4.78 is 0. The molecule has 0 fully saturated rings. The smallest absolute Gasteiger partial charge is 0.208 e. The lowest BCUT2D eigenvalue weighted by Crippen LogP contribution is -3.00. The van der Waals surface area contributed by atoms with Gasteiger partial charge in [0.1, 0.15) is 0 Å². The van der Waals surface area contributed by atoms with E-state index in [1.165, 1.54) is 42.1 Å². The molecule has 1 aromatic carbocycles. The lowest BCUT2D eigenvalue weighted by atomic mass is 10.1. The van der Waals surface area contributed by atoms with Gasteiger partial charge in [-0.05, 0) is 30.1 Å². The predicted molar refractivity (Wildman–Crippen MR) is 74.0 cm³/mol. The first-order valence-corrected chi connectivity index (χ1v) is 7.72. The molecule has 0 atom stereocenters. The van der Waals surface area contributed by atoms with E-state index in [2.05, 4.69) is 53.4 Å². The van der Waals surface area contributed by atoms with Gasteiger partial charge in [0.15, 0.2) is 17.1 Å². The van der Waals surface area contributed by atoms with E-state index in [0.29, 0.717) is 0 Å². The number of hydrogen-bond donors (Lipinski definition) is 0. The summed E-state index contributed by atoms with van der Waals surface area (Å²) in [7, 11) is 0. The highest BCUT2D eigenvalue weighted by molar-refractivity contribution is 7.99. The third-order valence-corrected chi connectivity index (χ3v) is 4.93. The van der Waals surface area contributed by atoms with Crippen molar-refractivity contribution in [1.29, 1.82) is 0 Å². The molecule has 0 unspecified atom stereocenters. The van der Waals surface area contributed by atoms with Gasteiger partial charge < -0.3 is 12.4 Å². The van der Waals surface area contributed by atoms with E-state index >= 15 is 0 Å². The Morgan fingerprint density at radius 3 is 2.56 bits per heavy atom. The molecule has 0 aliphatic carbocycles. The van der Waals surface area contributed by atoms with Crippen LogP contribution in [0.1, 0.15) is 24.8 Å². The zero-order chi connectivity index (χ0) is 10.3. The van der Waals surface area contributed by atoms with Gasteiger partial charge in [-0.1, -0.05) is 18.2 Å². The maximum absolute atomic E-state index is 2.24. The minimum Gasteiger partial charge on any atom is -1.00 e. The summed E-state index contributed by atoms with van der Waals surface area (Å²) in [5, 5.41) is 0. The first-order chi connectivity index (χ1) is 7.47. The van der Waals surface area contributed by atoms with Crippen LogP contribution in [0.15, 0.2) is 30.3 Å². The Balaban J connectivity index is 0.00000128. The number of hydrogen-bond acceptors (Lipinski definition) is 1. The summed E-state index contributed by atoms with van der Waals surface area (Å²) in [4.78, 5) is 1.60. The number of halogens is 1. The van der Waals surface area contributed by atoms with Crippen LogP contribution in [0.3, 0.4) is 0 Å². The SMILES string of the molecule is [Cl-].c1ccc(C2=[S+]CCCSCCC2)cc1. The Morgan fingerprint density at radius 2 is 1.75 bits per heavy atom. The van der Waals surface area contributed by atoms with Crippen LogP contribution in [0.5, 0.6) is 0 Å². The second-order valence-electron chi connectivity index (χ2n) is 3.71. The van der Waals surface area contributed by atoms with E-state index in [0.717, 1.165) is 0 Å². The predicted octanol–water partition coefficient (Wildman–Crippen LogP) is 0.211. The molecular weight excluding hydrogens is 256 g/mol. The van der Waals surface area contributed by atoms with Crippen molar-refractivity contribution < 1.29 is 12.4 Å². The molecule has 0 bridgehead atoms. The van der Waals surface area contributed by atoms with Crippen LogP contribution < -0.4 is 12.4 Å². The van der Waals surface area contributed by atoms with Gasteiger partial charge in [-0.2, -0.15) is 11.8 Å². The third-order valence-electron chi connectivity index (χ3n) is 2.50. The molecule has 1 aliphatic rings. The number of benzene rings is 1. The van der Waals surface area contributed by atoms with Gasteiger partial charge in [-0.15, -0.1) is 0 Å². The van der Waals surface area contributed by atoms with E-state index in [9.17, 15) is 0 Å². The average Bonchev–Trinajstić information content (AvgIpc) is 2.43. The Morgan fingerprint density at radius 1 is 1.00 bits per heavy atom. The molecule has 2 rings (SSSR count). The largest absolute Gasteiger partial charge is 1.00 e. The van der Waals surface area contributed by atoms with Gasteiger partial charge in [0.05, 0.1) is 0 Å². The van der Waals surface area contributed by atoms with Gasteiger partial charge in [0, 0.05) is 18.4 Å². The first kappa shape index (κ1) is 14.0. The first-order valence-electron chi connectivity index (χ1n) is 5.58. The summed E-state index contributed by atoms with van der Waals surface area (Å²) >= 11 is 4.18. The van der Waals surface area contributed by atoms with Crippen LogP contribution >= 0.6 is 11.8 Å². The van der Waals surface area contributed by atoms with Gasteiger partial charge in [-0.25, -0.2) is 0 Å². The van der Waals surface area contributed by atoms with E-state index < -0.39 is 0 Å². The van der Waals surface area contributed by atoms with E-state index in [1.807, 2.05) is 0 Å². The molecule has 1 aliphatic heterocycles. The Kier molecular flexibility index (Phi) is 7.10. The molecule has 0 N–H and O–H groups in total. The summed E-state index contributed by atoms with van der Waals surface area (Å²) in [5.74, 6) is 3.96. The second-order valence-corrected chi connectivity index (χ2v) is 6.12. The van der Waals surface area contributed by atoms with Crippen molar-refractivity contribution >= 4 is 28.0 Å². The molecule has 0 saturated heterocycles. The molecule has 0 saturated carbocycles. The zero-order valence-electron chi connectivity index (χ0n) is 9.32. The standard InChI is InChI=1S/C13H17S2.ClH/c1-2-6-12(7-3-1)13-8-4-9-14-10-5-11-15-13;/h1-3,6-7H,4-5,8-11H2;1H/q+1;/p-1. The topological polar surface area (TPSA) is 0 Å². The number of rotatable bonds is 1. The summed E-state index contributed by atoms with van der Waals surface area (Å²) in [6.07, 6.45) is 3.95. The summed E-state index contributed by atoms with van der Waals surface area (Å²) in [5.41, 5.74) is 1.44. The fraction of sp³-hybridized carbons (Fsp3) is 0.462. The Labute approximate surface area is 113 Å². The Bertz CT molecular complexity index is 322. The van der Waals surface area contributed by atoms with Crippen molar-refractivity contribution in [1.82, 2.24) is 0 Å². The van der Waals surface area contributed by atoms with Crippen LogP contribution in [-0.2, 0) is 11.4 Å². The minimum absolute atomic E-state index is 0. The quantitative estimate of drug-likeness (QED) is 0.520. The van der Waals surface area contributed by atoms with Gasteiger partial charge in [0.2, 0.25) is 4.86 Å². The van der Waals surface area contributed by atoms with Crippen molar-refractivity contribution in [2.75, 3.05) is 17.3 Å². The fourth-order valence-corrected chi connectivity index (χ4v) is 3.93. The van der Waals surface area contributed by atoms with Crippen LogP contribution in [0, 0.1) is 0 Å². The van der Waals surface area contributed by atoms with Crippen molar-refractivity contribution in [2.24, 2.45) is 0 Å². The van der Waals surface area contributed by atoms with Gasteiger partial charge in [-0.3, -0.25) is 0 Å². The molecule has 88 valence electrons. The maximum atomic E-state index is 2.24. The molecule has 3 heteroatoms.